The molecule has 0 spiro atoms. The molecule has 0 saturated heterocycles. The van der Waals surface area contributed by atoms with Gasteiger partial charge in [-0.15, -0.1) is 0 Å². The number of nitrogen functional groups attached to an aromatic ring is 1. The van der Waals surface area contributed by atoms with Gasteiger partial charge in [0, 0.05) is 31.4 Å². The lowest BCUT2D eigenvalue weighted by Gasteiger charge is -2.30. The van der Waals surface area contributed by atoms with Crippen LogP contribution in [0.15, 0.2) is 18.3 Å². The van der Waals surface area contributed by atoms with Gasteiger partial charge < -0.3 is 11.1 Å². The molecular weight excluding hydrogens is 240 g/mol. The van der Waals surface area contributed by atoms with Crippen LogP contribution in [-0.4, -0.2) is 41.0 Å². The van der Waals surface area contributed by atoms with E-state index in [4.69, 9.17) is 5.73 Å². The second kappa shape index (κ2) is 7.09. The normalized spacial score (nSPS) is 11.3. The van der Waals surface area contributed by atoms with E-state index < -0.39 is 0 Å². The molecule has 0 aliphatic rings. The standard InChI is InChI=1S/C14H24N4O/c1-10(2)18(11(3)4)9-8-17-14(19)13-12(15)6-5-7-16-13/h5-7,10-11H,8-9,15H2,1-4H3,(H,17,19). The molecule has 3 N–H and O–H groups in total. The number of hydrogen-bond acceptors (Lipinski definition) is 4. The Hall–Kier alpha value is -1.62. The van der Waals surface area contributed by atoms with Crippen molar-refractivity contribution in [1.29, 1.82) is 0 Å². The zero-order valence-electron chi connectivity index (χ0n) is 12.2. The predicted octanol–water partition coefficient (Wildman–Crippen LogP) is 1.51. The Morgan fingerprint density at radius 3 is 2.53 bits per heavy atom. The van der Waals surface area contributed by atoms with Gasteiger partial charge in [0.05, 0.1) is 5.69 Å². The summed E-state index contributed by atoms with van der Waals surface area (Å²) >= 11 is 0. The average Bonchev–Trinajstić information content (AvgIpc) is 2.33. The number of nitrogens with one attached hydrogen (secondary N) is 1. The molecule has 1 rings (SSSR count). The van der Waals surface area contributed by atoms with E-state index in [9.17, 15) is 4.79 Å². The van der Waals surface area contributed by atoms with Crippen LogP contribution in [0.25, 0.3) is 0 Å². The average molecular weight is 264 g/mol. The van der Waals surface area contributed by atoms with Gasteiger partial charge in [-0.25, -0.2) is 4.98 Å². The summed E-state index contributed by atoms with van der Waals surface area (Å²) in [7, 11) is 0. The van der Waals surface area contributed by atoms with E-state index in [1.54, 1.807) is 18.3 Å². The minimum Gasteiger partial charge on any atom is -0.397 e. The first-order valence-electron chi connectivity index (χ1n) is 6.68. The van der Waals surface area contributed by atoms with Crippen LogP contribution in [0.1, 0.15) is 38.2 Å². The number of nitrogens with zero attached hydrogens (tertiary/aromatic N) is 2. The molecular formula is C14H24N4O. The zero-order chi connectivity index (χ0) is 14.4. The largest absolute Gasteiger partial charge is 0.397 e. The van der Waals surface area contributed by atoms with Gasteiger partial charge in [0.25, 0.3) is 5.91 Å². The predicted molar refractivity (Wildman–Crippen MR) is 78.0 cm³/mol. The van der Waals surface area contributed by atoms with Gasteiger partial charge in [-0.1, -0.05) is 0 Å². The molecule has 106 valence electrons. The van der Waals surface area contributed by atoms with Gasteiger partial charge in [0.1, 0.15) is 0 Å². The number of hydrogen-bond donors (Lipinski definition) is 2. The summed E-state index contributed by atoms with van der Waals surface area (Å²) < 4.78 is 0. The maximum atomic E-state index is 11.9. The van der Waals surface area contributed by atoms with Gasteiger partial charge >= 0.3 is 0 Å². The van der Waals surface area contributed by atoms with Crippen molar-refractivity contribution in [2.75, 3.05) is 18.8 Å². The number of aromatic nitrogens is 1. The molecule has 0 saturated carbocycles. The highest BCUT2D eigenvalue weighted by Gasteiger charge is 2.14. The van der Waals surface area contributed by atoms with Crippen molar-refractivity contribution in [3.63, 3.8) is 0 Å². The van der Waals surface area contributed by atoms with E-state index in [1.165, 1.54) is 0 Å². The fraction of sp³-hybridized carbons (Fsp3) is 0.571. The van der Waals surface area contributed by atoms with E-state index >= 15 is 0 Å². The molecule has 0 radical (unpaired) electrons. The van der Waals surface area contributed by atoms with Crippen molar-refractivity contribution in [1.82, 2.24) is 15.2 Å². The Balaban J connectivity index is 2.49. The topological polar surface area (TPSA) is 71.2 Å². The maximum Gasteiger partial charge on any atom is 0.272 e. The fourth-order valence-electron chi connectivity index (χ4n) is 2.10. The molecule has 1 amide bonds. The van der Waals surface area contributed by atoms with Gasteiger partial charge in [0.2, 0.25) is 0 Å². The fourth-order valence-corrected chi connectivity index (χ4v) is 2.10. The minimum absolute atomic E-state index is 0.217. The third kappa shape index (κ3) is 4.52. The number of nitrogens with two attached hydrogens (primary N) is 1. The van der Waals surface area contributed by atoms with Gasteiger partial charge in [0.15, 0.2) is 5.69 Å². The highest BCUT2D eigenvalue weighted by molar-refractivity contribution is 5.96. The summed E-state index contributed by atoms with van der Waals surface area (Å²) in [6.45, 7) is 10.0. The molecule has 19 heavy (non-hydrogen) atoms. The van der Waals surface area contributed by atoms with E-state index in [1.807, 2.05) is 0 Å². The molecule has 0 aliphatic heterocycles. The van der Waals surface area contributed by atoms with Crippen molar-refractivity contribution in [2.24, 2.45) is 0 Å². The van der Waals surface area contributed by atoms with Crippen molar-refractivity contribution in [2.45, 2.75) is 39.8 Å². The van der Waals surface area contributed by atoms with Crippen molar-refractivity contribution >= 4 is 11.6 Å². The van der Waals surface area contributed by atoms with E-state index in [-0.39, 0.29) is 5.91 Å². The lowest BCUT2D eigenvalue weighted by molar-refractivity contribution is 0.0935. The van der Waals surface area contributed by atoms with Crippen LogP contribution in [0.3, 0.4) is 0 Å². The summed E-state index contributed by atoms with van der Waals surface area (Å²) in [5.41, 5.74) is 6.42. The number of amides is 1. The summed E-state index contributed by atoms with van der Waals surface area (Å²) in [6.07, 6.45) is 1.57. The Morgan fingerprint density at radius 1 is 1.37 bits per heavy atom. The van der Waals surface area contributed by atoms with Gasteiger partial charge in [-0.3, -0.25) is 9.69 Å². The Labute approximate surface area is 115 Å². The van der Waals surface area contributed by atoms with Crippen LogP contribution in [-0.2, 0) is 0 Å². The zero-order valence-corrected chi connectivity index (χ0v) is 12.2. The van der Waals surface area contributed by atoms with Crippen molar-refractivity contribution in [3.8, 4) is 0 Å². The minimum atomic E-state index is -0.217. The van der Waals surface area contributed by atoms with Crippen LogP contribution in [0, 0.1) is 0 Å². The van der Waals surface area contributed by atoms with Crippen LogP contribution in [0.2, 0.25) is 0 Å². The first kappa shape index (κ1) is 15.4. The van der Waals surface area contributed by atoms with Crippen LogP contribution < -0.4 is 11.1 Å². The first-order valence-corrected chi connectivity index (χ1v) is 6.68. The summed E-state index contributed by atoms with van der Waals surface area (Å²) in [6, 6.07) is 4.30. The summed E-state index contributed by atoms with van der Waals surface area (Å²) in [4.78, 5) is 18.2. The molecule has 1 aromatic rings. The Bertz CT molecular complexity index is 410. The molecule has 0 atom stereocenters. The third-order valence-corrected chi connectivity index (χ3v) is 3.04. The molecule has 0 aliphatic carbocycles. The van der Waals surface area contributed by atoms with Crippen molar-refractivity contribution < 1.29 is 4.79 Å². The third-order valence-electron chi connectivity index (χ3n) is 3.04. The molecule has 0 aromatic carbocycles. The highest BCUT2D eigenvalue weighted by Crippen LogP contribution is 2.07. The van der Waals surface area contributed by atoms with Crippen LogP contribution in [0.4, 0.5) is 5.69 Å². The smallest absolute Gasteiger partial charge is 0.272 e. The van der Waals surface area contributed by atoms with Gasteiger partial charge in [-0.2, -0.15) is 0 Å². The van der Waals surface area contributed by atoms with E-state index in [0.717, 1.165) is 6.54 Å². The second-order valence-electron chi connectivity index (χ2n) is 5.12. The van der Waals surface area contributed by atoms with Gasteiger partial charge in [-0.05, 0) is 39.8 Å². The number of carbonyl (C=O) groups excluding carboxylic acids is 1. The van der Waals surface area contributed by atoms with E-state index in [0.29, 0.717) is 30.0 Å². The number of pyridine rings is 1. The molecule has 1 heterocycles. The van der Waals surface area contributed by atoms with Crippen molar-refractivity contribution in [3.05, 3.63) is 24.0 Å². The SMILES string of the molecule is CC(C)N(CCNC(=O)c1ncccc1N)C(C)C. The molecule has 5 nitrogen and oxygen atoms in total. The number of anilines is 1. The van der Waals surface area contributed by atoms with Crippen LogP contribution >= 0.6 is 0 Å². The summed E-state index contributed by atoms with van der Waals surface area (Å²) in [5.74, 6) is -0.217. The Kier molecular flexibility index (Phi) is 5.76. The quantitative estimate of drug-likeness (QED) is 0.817. The first-order chi connectivity index (χ1) is 8.93. The number of carbonyl (C=O) groups is 1. The number of rotatable bonds is 6. The molecule has 1 aromatic heterocycles. The molecule has 5 heteroatoms. The summed E-state index contributed by atoms with van der Waals surface area (Å²) in [5, 5.41) is 2.86. The maximum absolute atomic E-state index is 11.9. The monoisotopic (exact) mass is 264 g/mol. The highest BCUT2D eigenvalue weighted by atomic mass is 16.1. The molecule has 0 bridgehead atoms. The van der Waals surface area contributed by atoms with E-state index in [2.05, 4.69) is 42.9 Å². The lowest BCUT2D eigenvalue weighted by Crippen LogP contribution is -2.42. The second-order valence-corrected chi connectivity index (χ2v) is 5.12. The Morgan fingerprint density at radius 2 is 2.00 bits per heavy atom. The van der Waals surface area contributed by atoms with Crippen LogP contribution in [0.5, 0.6) is 0 Å². The molecule has 0 unspecified atom stereocenters. The lowest BCUT2D eigenvalue weighted by atomic mass is 10.2. The molecule has 0 fully saturated rings.